The molecule has 0 amide bonds. The SMILES string of the molecule is CN1C2CCCC1CN(CC#N)C2. The van der Waals surface area contributed by atoms with Crippen LogP contribution in [0.4, 0.5) is 0 Å². The highest BCUT2D eigenvalue weighted by Crippen LogP contribution is 2.26. The van der Waals surface area contributed by atoms with Gasteiger partial charge in [-0.1, -0.05) is 6.42 Å². The molecule has 0 aromatic carbocycles. The Bertz CT molecular complexity index is 207. The average Bonchev–Trinajstić information content (AvgIpc) is 2.07. The summed E-state index contributed by atoms with van der Waals surface area (Å²) in [6.45, 7) is 2.81. The van der Waals surface area contributed by atoms with Crippen LogP contribution in [0.25, 0.3) is 0 Å². The Morgan fingerprint density at radius 2 is 1.92 bits per heavy atom. The van der Waals surface area contributed by atoms with Crippen molar-refractivity contribution in [2.45, 2.75) is 31.3 Å². The van der Waals surface area contributed by atoms with Crippen LogP contribution >= 0.6 is 0 Å². The number of hydrogen-bond acceptors (Lipinski definition) is 3. The maximum Gasteiger partial charge on any atom is 0.0867 e. The Morgan fingerprint density at radius 3 is 2.46 bits per heavy atom. The number of rotatable bonds is 1. The lowest BCUT2D eigenvalue weighted by Crippen LogP contribution is -2.59. The van der Waals surface area contributed by atoms with E-state index in [1.165, 1.54) is 19.3 Å². The van der Waals surface area contributed by atoms with Crippen LogP contribution in [0.5, 0.6) is 0 Å². The van der Waals surface area contributed by atoms with Gasteiger partial charge in [-0.3, -0.25) is 9.80 Å². The molecule has 0 saturated carbocycles. The van der Waals surface area contributed by atoms with Crippen molar-refractivity contribution in [1.82, 2.24) is 9.80 Å². The van der Waals surface area contributed by atoms with E-state index in [2.05, 4.69) is 22.9 Å². The highest BCUT2D eigenvalue weighted by atomic mass is 15.3. The third-order valence-corrected chi connectivity index (χ3v) is 3.46. The van der Waals surface area contributed by atoms with Crippen molar-refractivity contribution >= 4 is 0 Å². The van der Waals surface area contributed by atoms with E-state index in [4.69, 9.17) is 5.26 Å². The fraction of sp³-hybridized carbons (Fsp3) is 0.900. The molecule has 2 unspecified atom stereocenters. The zero-order chi connectivity index (χ0) is 9.26. The van der Waals surface area contributed by atoms with E-state index in [-0.39, 0.29) is 0 Å². The summed E-state index contributed by atoms with van der Waals surface area (Å²) in [6.07, 6.45) is 4.00. The van der Waals surface area contributed by atoms with Gasteiger partial charge < -0.3 is 0 Å². The molecule has 0 radical (unpaired) electrons. The molecule has 0 N–H and O–H groups in total. The third kappa shape index (κ3) is 1.70. The monoisotopic (exact) mass is 179 g/mol. The zero-order valence-corrected chi connectivity index (χ0v) is 8.24. The topological polar surface area (TPSA) is 30.3 Å². The van der Waals surface area contributed by atoms with E-state index in [0.29, 0.717) is 18.6 Å². The van der Waals surface area contributed by atoms with Gasteiger partial charge in [-0.2, -0.15) is 5.26 Å². The molecule has 2 saturated heterocycles. The van der Waals surface area contributed by atoms with E-state index >= 15 is 0 Å². The summed E-state index contributed by atoms with van der Waals surface area (Å²) in [7, 11) is 2.23. The van der Waals surface area contributed by atoms with Gasteiger partial charge in [-0.05, 0) is 19.9 Å². The van der Waals surface area contributed by atoms with Gasteiger partial charge in [0, 0.05) is 25.2 Å². The first-order valence-corrected chi connectivity index (χ1v) is 5.12. The lowest BCUT2D eigenvalue weighted by atomic mass is 9.92. The number of nitrogens with zero attached hydrogens (tertiary/aromatic N) is 3. The lowest BCUT2D eigenvalue weighted by Gasteiger charge is -2.47. The molecule has 2 rings (SSSR count). The van der Waals surface area contributed by atoms with Crippen molar-refractivity contribution in [2.75, 3.05) is 26.7 Å². The van der Waals surface area contributed by atoms with Crippen molar-refractivity contribution in [1.29, 1.82) is 5.26 Å². The lowest BCUT2D eigenvalue weighted by molar-refractivity contribution is 0.0159. The number of likely N-dealkylation sites (tertiary alicyclic amines) is 1. The first-order valence-electron chi connectivity index (χ1n) is 5.12. The van der Waals surface area contributed by atoms with E-state index in [1.54, 1.807) is 0 Å². The summed E-state index contributed by atoms with van der Waals surface area (Å²) in [5.41, 5.74) is 0. The summed E-state index contributed by atoms with van der Waals surface area (Å²) >= 11 is 0. The van der Waals surface area contributed by atoms with Crippen LogP contribution in [0.1, 0.15) is 19.3 Å². The molecule has 2 aliphatic rings. The summed E-state index contributed by atoms with van der Waals surface area (Å²) in [4.78, 5) is 4.81. The number of nitriles is 1. The molecule has 2 fully saturated rings. The molecule has 0 aliphatic carbocycles. The molecular weight excluding hydrogens is 162 g/mol. The van der Waals surface area contributed by atoms with Crippen LogP contribution in [0.2, 0.25) is 0 Å². The van der Waals surface area contributed by atoms with Gasteiger partial charge in [0.2, 0.25) is 0 Å². The number of piperazine rings is 1. The Morgan fingerprint density at radius 1 is 1.31 bits per heavy atom. The standard InChI is InChI=1S/C10H17N3/c1-12-9-3-2-4-10(12)8-13(7-9)6-5-11/h9-10H,2-4,6-8H2,1H3. The van der Waals surface area contributed by atoms with Crippen molar-refractivity contribution < 1.29 is 0 Å². The summed E-state index contributed by atoms with van der Waals surface area (Å²) < 4.78 is 0. The maximum absolute atomic E-state index is 8.64. The molecule has 2 aliphatic heterocycles. The smallest absolute Gasteiger partial charge is 0.0867 e. The van der Waals surface area contributed by atoms with Gasteiger partial charge >= 0.3 is 0 Å². The molecule has 2 atom stereocenters. The zero-order valence-electron chi connectivity index (χ0n) is 8.24. The minimum absolute atomic E-state index is 0.612. The number of fused-ring (bicyclic) bond motifs is 2. The van der Waals surface area contributed by atoms with Crippen LogP contribution < -0.4 is 0 Å². The minimum atomic E-state index is 0.612. The highest BCUT2D eigenvalue weighted by molar-refractivity contribution is 4.93. The van der Waals surface area contributed by atoms with E-state index in [9.17, 15) is 0 Å². The molecule has 2 heterocycles. The Labute approximate surface area is 79.9 Å². The first-order chi connectivity index (χ1) is 6.31. The normalized spacial score (nSPS) is 35.7. The van der Waals surface area contributed by atoms with Gasteiger partial charge in [0.05, 0.1) is 12.6 Å². The van der Waals surface area contributed by atoms with Crippen LogP contribution in [0.3, 0.4) is 0 Å². The molecule has 0 spiro atoms. The summed E-state index contributed by atoms with van der Waals surface area (Å²) in [5, 5.41) is 8.64. The second-order valence-electron chi connectivity index (χ2n) is 4.26. The van der Waals surface area contributed by atoms with Crippen LogP contribution in [0, 0.1) is 11.3 Å². The minimum Gasteiger partial charge on any atom is -0.298 e. The Balaban J connectivity index is 2.00. The van der Waals surface area contributed by atoms with E-state index < -0.39 is 0 Å². The molecular formula is C10H17N3. The molecule has 72 valence electrons. The largest absolute Gasteiger partial charge is 0.298 e. The quantitative estimate of drug-likeness (QED) is 0.554. The van der Waals surface area contributed by atoms with Crippen LogP contribution in [-0.4, -0.2) is 48.6 Å². The second-order valence-corrected chi connectivity index (χ2v) is 4.26. The predicted molar refractivity (Wildman–Crippen MR) is 51.2 cm³/mol. The molecule has 0 aromatic heterocycles. The molecule has 2 bridgehead atoms. The van der Waals surface area contributed by atoms with Gasteiger partial charge in [-0.25, -0.2) is 0 Å². The van der Waals surface area contributed by atoms with Crippen molar-refractivity contribution in [2.24, 2.45) is 0 Å². The van der Waals surface area contributed by atoms with Crippen molar-refractivity contribution in [3.8, 4) is 6.07 Å². The maximum atomic E-state index is 8.64. The molecule has 0 aromatic rings. The first kappa shape index (κ1) is 8.98. The average molecular weight is 179 g/mol. The molecule has 13 heavy (non-hydrogen) atoms. The van der Waals surface area contributed by atoms with Crippen molar-refractivity contribution in [3.05, 3.63) is 0 Å². The third-order valence-electron chi connectivity index (χ3n) is 3.46. The summed E-state index contributed by atoms with van der Waals surface area (Å²) in [6, 6.07) is 3.67. The fourth-order valence-electron chi connectivity index (χ4n) is 2.63. The Kier molecular flexibility index (Phi) is 2.52. The van der Waals surface area contributed by atoms with Crippen molar-refractivity contribution in [3.63, 3.8) is 0 Å². The predicted octanol–water partition coefficient (Wildman–Crippen LogP) is 0.678. The fourth-order valence-corrected chi connectivity index (χ4v) is 2.63. The highest BCUT2D eigenvalue weighted by Gasteiger charge is 2.34. The number of piperidine rings is 1. The van der Waals surface area contributed by atoms with Crippen LogP contribution in [-0.2, 0) is 0 Å². The van der Waals surface area contributed by atoms with Gasteiger partial charge in [0.15, 0.2) is 0 Å². The van der Waals surface area contributed by atoms with Gasteiger partial charge in [0.1, 0.15) is 0 Å². The second kappa shape index (κ2) is 3.65. The van der Waals surface area contributed by atoms with E-state index in [0.717, 1.165) is 13.1 Å². The number of likely N-dealkylation sites (N-methyl/N-ethyl adjacent to an activating group) is 1. The van der Waals surface area contributed by atoms with Crippen LogP contribution in [0.15, 0.2) is 0 Å². The molecule has 3 heteroatoms. The van der Waals surface area contributed by atoms with E-state index in [1.807, 2.05) is 0 Å². The number of hydrogen-bond donors (Lipinski definition) is 0. The molecule has 3 nitrogen and oxygen atoms in total. The summed E-state index contributed by atoms with van der Waals surface area (Å²) in [5.74, 6) is 0. The Hall–Kier alpha value is -0.590. The van der Waals surface area contributed by atoms with Gasteiger partial charge in [-0.15, -0.1) is 0 Å². The van der Waals surface area contributed by atoms with Gasteiger partial charge in [0.25, 0.3) is 0 Å².